The molecule has 2 aromatic carbocycles. The number of carbonyl (C=O) groups excluding carboxylic acids is 1. The quantitative estimate of drug-likeness (QED) is 0.795. The van der Waals surface area contributed by atoms with Crippen molar-refractivity contribution in [1.82, 2.24) is 10.6 Å². The Morgan fingerprint density at radius 2 is 1.86 bits per heavy atom. The van der Waals surface area contributed by atoms with Gasteiger partial charge in [0, 0.05) is 5.92 Å². The molecule has 5 heteroatoms. The monoisotopic (exact) mass is 382 g/mol. The SMILES string of the molecule is CC(NC(=O)C1CC12CCNCC2)c1ccc(OCc2ccc(F)cc2)cc1. The van der Waals surface area contributed by atoms with Gasteiger partial charge in [-0.25, -0.2) is 4.39 Å². The van der Waals surface area contributed by atoms with E-state index in [0.29, 0.717) is 6.61 Å². The van der Waals surface area contributed by atoms with Gasteiger partial charge in [0.25, 0.3) is 0 Å². The number of nitrogens with one attached hydrogen (secondary N) is 2. The van der Waals surface area contributed by atoms with Crippen molar-refractivity contribution in [1.29, 1.82) is 0 Å². The molecule has 28 heavy (non-hydrogen) atoms. The number of hydrogen-bond donors (Lipinski definition) is 2. The fourth-order valence-electron chi connectivity index (χ4n) is 4.19. The lowest BCUT2D eigenvalue weighted by Gasteiger charge is -2.24. The number of hydrogen-bond acceptors (Lipinski definition) is 3. The van der Waals surface area contributed by atoms with E-state index in [4.69, 9.17) is 4.74 Å². The summed E-state index contributed by atoms with van der Waals surface area (Å²) >= 11 is 0. The van der Waals surface area contributed by atoms with Crippen LogP contribution in [0.15, 0.2) is 48.5 Å². The molecule has 2 N–H and O–H groups in total. The molecule has 1 spiro atoms. The lowest BCUT2D eigenvalue weighted by molar-refractivity contribution is -0.123. The van der Waals surface area contributed by atoms with Crippen LogP contribution in [0.2, 0.25) is 0 Å². The van der Waals surface area contributed by atoms with Crippen LogP contribution in [0.25, 0.3) is 0 Å². The van der Waals surface area contributed by atoms with Crippen LogP contribution in [0.4, 0.5) is 4.39 Å². The van der Waals surface area contributed by atoms with E-state index < -0.39 is 0 Å². The number of amides is 1. The zero-order chi connectivity index (χ0) is 19.6. The van der Waals surface area contributed by atoms with Gasteiger partial charge in [0.2, 0.25) is 5.91 Å². The first kappa shape index (κ1) is 18.9. The Hall–Kier alpha value is -2.40. The average Bonchev–Trinajstić information content (AvgIpc) is 3.41. The molecule has 2 fully saturated rings. The first-order valence-corrected chi connectivity index (χ1v) is 10.0. The summed E-state index contributed by atoms with van der Waals surface area (Å²) < 4.78 is 18.7. The highest BCUT2D eigenvalue weighted by Crippen LogP contribution is 2.58. The van der Waals surface area contributed by atoms with Crippen LogP contribution in [0.3, 0.4) is 0 Å². The Balaban J connectivity index is 1.28. The zero-order valence-corrected chi connectivity index (χ0v) is 16.2. The van der Waals surface area contributed by atoms with Gasteiger partial charge in [-0.1, -0.05) is 24.3 Å². The van der Waals surface area contributed by atoms with E-state index in [1.807, 2.05) is 31.2 Å². The number of piperidine rings is 1. The van der Waals surface area contributed by atoms with Gasteiger partial charge >= 0.3 is 0 Å². The largest absolute Gasteiger partial charge is 0.489 e. The number of halogens is 1. The van der Waals surface area contributed by atoms with Gasteiger partial charge in [0.1, 0.15) is 18.2 Å². The zero-order valence-electron chi connectivity index (χ0n) is 16.2. The predicted molar refractivity (Wildman–Crippen MR) is 106 cm³/mol. The number of benzene rings is 2. The summed E-state index contributed by atoms with van der Waals surface area (Å²) in [6.07, 6.45) is 3.25. The molecule has 1 heterocycles. The summed E-state index contributed by atoms with van der Waals surface area (Å²) in [5.74, 6) is 0.866. The molecular formula is C23H27FN2O2. The van der Waals surface area contributed by atoms with Gasteiger partial charge in [0.05, 0.1) is 6.04 Å². The fourth-order valence-corrected chi connectivity index (χ4v) is 4.19. The standard InChI is InChI=1S/C23H27FN2O2/c1-16(26-22(27)21-14-23(21)10-12-25-13-11-23)18-4-8-20(9-5-18)28-15-17-2-6-19(24)7-3-17/h2-9,16,21,25H,10-15H2,1H3,(H,26,27). The Kier molecular flexibility index (Phi) is 5.36. The summed E-state index contributed by atoms with van der Waals surface area (Å²) in [5.41, 5.74) is 2.23. The smallest absolute Gasteiger partial charge is 0.224 e. The second-order valence-corrected chi connectivity index (χ2v) is 8.08. The molecule has 2 aliphatic rings. The van der Waals surface area contributed by atoms with Gasteiger partial charge in [-0.2, -0.15) is 0 Å². The molecule has 4 nitrogen and oxygen atoms in total. The van der Waals surface area contributed by atoms with Crippen molar-refractivity contribution in [3.05, 3.63) is 65.5 Å². The molecule has 1 saturated heterocycles. The Labute approximate surface area is 165 Å². The second-order valence-electron chi connectivity index (χ2n) is 8.08. The molecule has 0 aromatic heterocycles. The molecular weight excluding hydrogens is 355 g/mol. The third-order valence-corrected chi connectivity index (χ3v) is 6.16. The van der Waals surface area contributed by atoms with Crippen LogP contribution in [0.5, 0.6) is 5.75 Å². The van der Waals surface area contributed by atoms with Crippen LogP contribution in [0.1, 0.15) is 43.4 Å². The van der Waals surface area contributed by atoms with Gasteiger partial charge in [-0.15, -0.1) is 0 Å². The minimum absolute atomic E-state index is 0.0296. The lowest BCUT2D eigenvalue weighted by atomic mass is 9.91. The normalized spacial score (nSPS) is 21.1. The van der Waals surface area contributed by atoms with Crippen molar-refractivity contribution in [2.24, 2.45) is 11.3 Å². The van der Waals surface area contributed by atoms with E-state index in [2.05, 4.69) is 10.6 Å². The highest BCUT2D eigenvalue weighted by Gasteiger charge is 2.57. The van der Waals surface area contributed by atoms with Crippen molar-refractivity contribution in [3.8, 4) is 5.75 Å². The molecule has 2 atom stereocenters. The molecule has 4 rings (SSSR count). The summed E-state index contributed by atoms with van der Waals surface area (Å²) in [4.78, 5) is 12.6. The van der Waals surface area contributed by atoms with E-state index in [9.17, 15) is 9.18 Å². The number of rotatable bonds is 6. The second kappa shape index (κ2) is 7.92. The third-order valence-electron chi connectivity index (χ3n) is 6.16. The minimum atomic E-state index is -0.249. The van der Waals surface area contributed by atoms with E-state index in [-0.39, 0.29) is 29.1 Å². The van der Waals surface area contributed by atoms with Crippen molar-refractivity contribution in [2.45, 2.75) is 38.8 Å². The topological polar surface area (TPSA) is 50.4 Å². The molecule has 0 bridgehead atoms. The molecule has 2 aromatic rings. The fraction of sp³-hybridized carbons (Fsp3) is 0.435. The molecule has 2 unspecified atom stereocenters. The highest BCUT2D eigenvalue weighted by molar-refractivity contribution is 5.83. The first-order valence-electron chi connectivity index (χ1n) is 10.0. The number of carbonyl (C=O) groups is 1. The Morgan fingerprint density at radius 1 is 1.18 bits per heavy atom. The van der Waals surface area contributed by atoms with Gasteiger partial charge in [-0.05, 0) is 80.1 Å². The minimum Gasteiger partial charge on any atom is -0.489 e. The maximum Gasteiger partial charge on any atom is 0.224 e. The molecule has 1 amide bonds. The van der Waals surface area contributed by atoms with Gasteiger partial charge in [0.15, 0.2) is 0 Å². The van der Waals surface area contributed by atoms with Crippen LogP contribution >= 0.6 is 0 Å². The van der Waals surface area contributed by atoms with Crippen LogP contribution < -0.4 is 15.4 Å². The molecule has 1 aliphatic carbocycles. The number of ether oxygens (including phenoxy) is 1. The molecule has 1 aliphatic heterocycles. The molecule has 148 valence electrons. The molecule has 1 saturated carbocycles. The first-order chi connectivity index (χ1) is 13.6. The third kappa shape index (κ3) is 4.20. The van der Waals surface area contributed by atoms with Crippen molar-refractivity contribution in [2.75, 3.05) is 13.1 Å². The van der Waals surface area contributed by atoms with E-state index >= 15 is 0 Å². The Bertz CT molecular complexity index is 814. The van der Waals surface area contributed by atoms with Crippen LogP contribution in [-0.2, 0) is 11.4 Å². The van der Waals surface area contributed by atoms with Crippen molar-refractivity contribution >= 4 is 5.91 Å². The van der Waals surface area contributed by atoms with E-state index in [1.165, 1.54) is 12.1 Å². The molecule has 0 radical (unpaired) electrons. The summed E-state index contributed by atoms with van der Waals surface area (Å²) in [5, 5.41) is 6.55. The van der Waals surface area contributed by atoms with Crippen molar-refractivity contribution < 1.29 is 13.9 Å². The summed E-state index contributed by atoms with van der Waals surface area (Å²) in [7, 11) is 0. The maximum absolute atomic E-state index is 12.9. The highest BCUT2D eigenvalue weighted by atomic mass is 19.1. The Morgan fingerprint density at radius 3 is 2.54 bits per heavy atom. The van der Waals surface area contributed by atoms with Crippen LogP contribution in [0, 0.1) is 17.2 Å². The summed E-state index contributed by atoms with van der Waals surface area (Å²) in [6.45, 7) is 4.46. The van der Waals surface area contributed by atoms with Crippen molar-refractivity contribution in [3.63, 3.8) is 0 Å². The van der Waals surface area contributed by atoms with E-state index in [1.54, 1.807) is 12.1 Å². The predicted octanol–water partition coefficient (Wildman–Crippen LogP) is 3.97. The average molecular weight is 382 g/mol. The van der Waals surface area contributed by atoms with Gasteiger partial charge in [-0.3, -0.25) is 4.79 Å². The summed E-state index contributed by atoms with van der Waals surface area (Å²) in [6, 6.07) is 14.1. The van der Waals surface area contributed by atoms with Gasteiger partial charge < -0.3 is 15.4 Å². The van der Waals surface area contributed by atoms with E-state index in [0.717, 1.165) is 49.2 Å². The lowest BCUT2D eigenvalue weighted by Crippen LogP contribution is -2.34. The van der Waals surface area contributed by atoms with Crippen LogP contribution in [-0.4, -0.2) is 19.0 Å². The maximum atomic E-state index is 12.9.